The molecule has 1 aromatic rings. The first-order valence-corrected chi connectivity index (χ1v) is 7.21. The van der Waals surface area contributed by atoms with Gasteiger partial charge in [0.1, 0.15) is 0 Å². The van der Waals surface area contributed by atoms with Crippen molar-refractivity contribution in [1.82, 2.24) is 9.78 Å². The molecule has 5 heteroatoms. The molecule has 1 atom stereocenters. The van der Waals surface area contributed by atoms with Gasteiger partial charge in [-0.1, -0.05) is 13.8 Å². The summed E-state index contributed by atoms with van der Waals surface area (Å²) in [4.78, 5) is 12.4. The summed E-state index contributed by atoms with van der Waals surface area (Å²) in [7, 11) is 1.89. The molecule has 20 heavy (non-hydrogen) atoms. The highest BCUT2D eigenvalue weighted by molar-refractivity contribution is 5.77. The van der Waals surface area contributed by atoms with Gasteiger partial charge in [-0.15, -0.1) is 0 Å². The zero-order chi connectivity index (χ0) is 15.3. The third kappa shape index (κ3) is 3.82. The van der Waals surface area contributed by atoms with Gasteiger partial charge in [0.05, 0.1) is 17.7 Å². The van der Waals surface area contributed by atoms with Crippen LogP contribution in [0.15, 0.2) is 6.07 Å². The number of ether oxygens (including phenoxy) is 1. The standard InChI is InChI=1S/C15H27N3O2/c1-6-20-14(19)15(10-16,8-11(2)3)9-13-7-12(4)17-18(13)5/h7,11H,6,8-10,16H2,1-5H3. The highest BCUT2D eigenvalue weighted by Crippen LogP contribution is 2.31. The zero-order valence-corrected chi connectivity index (χ0v) is 13.3. The smallest absolute Gasteiger partial charge is 0.313 e. The van der Waals surface area contributed by atoms with E-state index in [-0.39, 0.29) is 12.5 Å². The second-order valence-electron chi connectivity index (χ2n) is 5.88. The number of carbonyl (C=O) groups excluding carboxylic acids is 1. The molecule has 1 rings (SSSR count). The molecule has 1 aromatic heterocycles. The minimum Gasteiger partial charge on any atom is -0.466 e. The Morgan fingerprint density at radius 3 is 2.60 bits per heavy atom. The molecule has 0 fully saturated rings. The second-order valence-corrected chi connectivity index (χ2v) is 5.88. The molecule has 1 unspecified atom stereocenters. The van der Waals surface area contributed by atoms with Gasteiger partial charge in [-0.3, -0.25) is 9.48 Å². The normalized spacial score (nSPS) is 14.3. The molecule has 0 aliphatic carbocycles. The molecule has 0 amide bonds. The Kier molecular flexibility index (Phi) is 5.74. The highest BCUT2D eigenvalue weighted by atomic mass is 16.5. The van der Waals surface area contributed by atoms with E-state index in [0.29, 0.717) is 25.4 Å². The predicted octanol–water partition coefficient (Wildman–Crippen LogP) is 1.83. The number of aromatic nitrogens is 2. The molecule has 0 aliphatic rings. The largest absolute Gasteiger partial charge is 0.466 e. The number of nitrogens with two attached hydrogens (primary N) is 1. The van der Waals surface area contributed by atoms with Crippen LogP contribution in [0.1, 0.15) is 38.6 Å². The molecule has 0 spiro atoms. The summed E-state index contributed by atoms with van der Waals surface area (Å²) >= 11 is 0. The van der Waals surface area contributed by atoms with Gasteiger partial charge < -0.3 is 10.5 Å². The van der Waals surface area contributed by atoms with Gasteiger partial charge in [0, 0.05) is 25.7 Å². The maximum Gasteiger partial charge on any atom is 0.313 e. The van der Waals surface area contributed by atoms with E-state index in [1.165, 1.54) is 0 Å². The van der Waals surface area contributed by atoms with Crippen molar-refractivity contribution in [3.63, 3.8) is 0 Å². The number of nitrogens with zero attached hydrogens (tertiary/aromatic N) is 2. The van der Waals surface area contributed by atoms with E-state index >= 15 is 0 Å². The lowest BCUT2D eigenvalue weighted by Crippen LogP contribution is -2.43. The molecule has 0 aliphatic heterocycles. The fourth-order valence-corrected chi connectivity index (χ4v) is 2.71. The average molecular weight is 281 g/mol. The molecule has 0 saturated heterocycles. The minimum absolute atomic E-state index is 0.199. The molecular weight excluding hydrogens is 254 g/mol. The Morgan fingerprint density at radius 2 is 2.20 bits per heavy atom. The van der Waals surface area contributed by atoms with Gasteiger partial charge in [0.2, 0.25) is 0 Å². The third-order valence-corrected chi connectivity index (χ3v) is 3.52. The van der Waals surface area contributed by atoms with Gasteiger partial charge in [-0.25, -0.2) is 0 Å². The van der Waals surface area contributed by atoms with E-state index < -0.39 is 5.41 Å². The number of rotatable bonds is 7. The summed E-state index contributed by atoms with van der Waals surface area (Å²) in [6.07, 6.45) is 1.28. The van der Waals surface area contributed by atoms with Crippen molar-refractivity contribution < 1.29 is 9.53 Å². The van der Waals surface area contributed by atoms with Gasteiger partial charge in [-0.05, 0) is 32.3 Å². The Morgan fingerprint density at radius 1 is 1.55 bits per heavy atom. The summed E-state index contributed by atoms with van der Waals surface area (Å²) in [5.41, 5.74) is 7.26. The minimum atomic E-state index is -0.662. The number of esters is 1. The molecule has 1 heterocycles. The van der Waals surface area contributed by atoms with E-state index in [0.717, 1.165) is 11.4 Å². The first kappa shape index (κ1) is 16.7. The van der Waals surface area contributed by atoms with Crippen LogP contribution in [-0.2, 0) is 23.0 Å². The van der Waals surface area contributed by atoms with E-state index in [1.54, 1.807) is 0 Å². The lowest BCUT2D eigenvalue weighted by Gasteiger charge is -2.31. The van der Waals surface area contributed by atoms with Crippen LogP contribution in [0.5, 0.6) is 0 Å². The first-order chi connectivity index (χ1) is 9.34. The van der Waals surface area contributed by atoms with Gasteiger partial charge >= 0.3 is 5.97 Å². The molecular formula is C15H27N3O2. The summed E-state index contributed by atoms with van der Waals surface area (Å²) < 4.78 is 7.09. The SMILES string of the molecule is CCOC(=O)C(CN)(Cc1cc(C)nn1C)CC(C)C. The topological polar surface area (TPSA) is 70.1 Å². The van der Waals surface area contributed by atoms with E-state index in [1.807, 2.05) is 31.6 Å². The lowest BCUT2D eigenvalue weighted by molar-refractivity contribution is -0.156. The first-order valence-electron chi connectivity index (χ1n) is 7.21. The third-order valence-electron chi connectivity index (χ3n) is 3.52. The molecule has 0 aromatic carbocycles. The molecule has 0 saturated carbocycles. The van der Waals surface area contributed by atoms with Crippen molar-refractivity contribution in [1.29, 1.82) is 0 Å². The molecule has 0 bridgehead atoms. The monoisotopic (exact) mass is 281 g/mol. The quantitative estimate of drug-likeness (QED) is 0.774. The number of hydrogen-bond acceptors (Lipinski definition) is 4. The van der Waals surface area contributed by atoms with Crippen LogP contribution in [0.25, 0.3) is 0 Å². The second kappa shape index (κ2) is 6.88. The summed E-state index contributed by atoms with van der Waals surface area (Å²) in [5.74, 6) is 0.173. The van der Waals surface area contributed by atoms with Crippen LogP contribution in [0.3, 0.4) is 0 Å². The van der Waals surface area contributed by atoms with Crippen LogP contribution in [0.4, 0.5) is 0 Å². The molecule has 5 nitrogen and oxygen atoms in total. The Labute approximate surface area is 121 Å². The van der Waals surface area contributed by atoms with Crippen LogP contribution < -0.4 is 5.73 Å². The molecule has 2 N–H and O–H groups in total. The predicted molar refractivity (Wildman–Crippen MR) is 79.2 cm³/mol. The van der Waals surface area contributed by atoms with Gasteiger partial charge in [0.25, 0.3) is 0 Å². The maximum atomic E-state index is 12.4. The number of carbonyl (C=O) groups is 1. The maximum absolute atomic E-state index is 12.4. The van der Waals surface area contributed by atoms with Crippen molar-refractivity contribution in [3.05, 3.63) is 17.5 Å². The zero-order valence-electron chi connectivity index (χ0n) is 13.3. The molecule has 0 radical (unpaired) electrons. The fourth-order valence-electron chi connectivity index (χ4n) is 2.71. The van der Waals surface area contributed by atoms with Crippen molar-refractivity contribution in [2.24, 2.45) is 24.1 Å². The van der Waals surface area contributed by atoms with E-state index in [4.69, 9.17) is 10.5 Å². The van der Waals surface area contributed by atoms with Gasteiger partial charge in [0.15, 0.2) is 0 Å². The van der Waals surface area contributed by atoms with E-state index in [9.17, 15) is 4.79 Å². The van der Waals surface area contributed by atoms with E-state index in [2.05, 4.69) is 18.9 Å². The van der Waals surface area contributed by atoms with Crippen LogP contribution >= 0.6 is 0 Å². The summed E-state index contributed by atoms with van der Waals surface area (Å²) in [6, 6.07) is 2.00. The molecule has 114 valence electrons. The number of aryl methyl sites for hydroxylation is 2. The Bertz CT molecular complexity index is 454. The van der Waals surface area contributed by atoms with Crippen LogP contribution in [-0.4, -0.2) is 28.9 Å². The van der Waals surface area contributed by atoms with Crippen molar-refractivity contribution in [2.45, 2.75) is 40.5 Å². The van der Waals surface area contributed by atoms with Crippen molar-refractivity contribution >= 4 is 5.97 Å². The summed E-state index contributed by atoms with van der Waals surface area (Å²) in [6.45, 7) is 8.62. The Hall–Kier alpha value is -1.36. The van der Waals surface area contributed by atoms with Crippen molar-refractivity contribution in [3.8, 4) is 0 Å². The van der Waals surface area contributed by atoms with Crippen LogP contribution in [0, 0.1) is 18.3 Å². The Balaban J connectivity index is 3.08. The number of hydrogen-bond donors (Lipinski definition) is 1. The van der Waals surface area contributed by atoms with Crippen molar-refractivity contribution in [2.75, 3.05) is 13.2 Å². The van der Waals surface area contributed by atoms with Gasteiger partial charge in [-0.2, -0.15) is 5.10 Å². The lowest BCUT2D eigenvalue weighted by atomic mass is 9.76. The van der Waals surface area contributed by atoms with Crippen LogP contribution in [0.2, 0.25) is 0 Å². The summed E-state index contributed by atoms with van der Waals surface area (Å²) in [5, 5.41) is 4.34. The highest BCUT2D eigenvalue weighted by Gasteiger charge is 2.40. The average Bonchev–Trinajstić information content (AvgIpc) is 2.66. The fraction of sp³-hybridized carbons (Fsp3) is 0.733.